The van der Waals surface area contributed by atoms with Gasteiger partial charge in [-0.25, -0.2) is 0 Å². The molecule has 1 aromatic heterocycles. The standard InChI is InChI=1S/C20H19ClN2O4/c1-12(2)26-17-8-7-15(11-16(17)21)20-22-19(23-27-20)14-5-3-4-13(10-14)6-9-18(24)25/h3-5,7-8,10-12H,6,9H2,1-2H3,(H,24,25). The molecule has 0 radical (unpaired) electrons. The van der Waals surface area contributed by atoms with Crippen LogP contribution in [0.15, 0.2) is 47.0 Å². The lowest BCUT2D eigenvalue weighted by Gasteiger charge is -2.11. The van der Waals surface area contributed by atoms with Gasteiger partial charge in [0.1, 0.15) is 5.75 Å². The second-order valence-corrected chi connectivity index (χ2v) is 6.74. The van der Waals surface area contributed by atoms with E-state index in [-0.39, 0.29) is 12.5 Å². The minimum absolute atomic E-state index is 0.0248. The van der Waals surface area contributed by atoms with Gasteiger partial charge in [0.15, 0.2) is 0 Å². The van der Waals surface area contributed by atoms with E-state index >= 15 is 0 Å². The van der Waals surface area contributed by atoms with Crippen molar-refractivity contribution in [1.82, 2.24) is 10.1 Å². The average Bonchev–Trinajstić information content (AvgIpc) is 3.12. The number of carbonyl (C=O) groups is 1. The molecule has 0 atom stereocenters. The van der Waals surface area contributed by atoms with Gasteiger partial charge in [0, 0.05) is 17.5 Å². The van der Waals surface area contributed by atoms with Gasteiger partial charge in [-0.1, -0.05) is 35.0 Å². The van der Waals surface area contributed by atoms with Gasteiger partial charge < -0.3 is 14.4 Å². The molecule has 0 fully saturated rings. The Balaban J connectivity index is 1.82. The molecule has 0 saturated heterocycles. The van der Waals surface area contributed by atoms with E-state index in [0.29, 0.717) is 34.5 Å². The van der Waals surface area contributed by atoms with Crippen LogP contribution in [-0.2, 0) is 11.2 Å². The molecule has 0 unspecified atom stereocenters. The third-order valence-electron chi connectivity index (χ3n) is 3.78. The Morgan fingerprint density at radius 1 is 1.22 bits per heavy atom. The van der Waals surface area contributed by atoms with Crippen LogP contribution in [0.5, 0.6) is 5.75 Å². The minimum Gasteiger partial charge on any atom is -0.489 e. The van der Waals surface area contributed by atoms with Crippen molar-refractivity contribution in [2.75, 3.05) is 0 Å². The fraction of sp³-hybridized carbons (Fsp3) is 0.250. The van der Waals surface area contributed by atoms with E-state index in [4.69, 9.17) is 26.0 Å². The van der Waals surface area contributed by atoms with Gasteiger partial charge in [-0.05, 0) is 50.1 Å². The summed E-state index contributed by atoms with van der Waals surface area (Å²) in [5.41, 5.74) is 2.36. The lowest BCUT2D eigenvalue weighted by molar-refractivity contribution is -0.136. The van der Waals surface area contributed by atoms with Gasteiger partial charge >= 0.3 is 5.97 Å². The van der Waals surface area contributed by atoms with Crippen LogP contribution < -0.4 is 4.74 Å². The summed E-state index contributed by atoms with van der Waals surface area (Å²) in [5, 5.41) is 13.3. The zero-order valence-electron chi connectivity index (χ0n) is 15.0. The molecule has 140 valence electrons. The molecule has 0 saturated carbocycles. The van der Waals surface area contributed by atoms with Crippen LogP contribution in [0.3, 0.4) is 0 Å². The molecule has 0 aliphatic heterocycles. The fourth-order valence-electron chi connectivity index (χ4n) is 2.56. The normalized spacial score (nSPS) is 11.0. The number of hydrogen-bond acceptors (Lipinski definition) is 5. The molecule has 0 amide bonds. The van der Waals surface area contributed by atoms with Gasteiger partial charge in [-0.3, -0.25) is 4.79 Å². The van der Waals surface area contributed by atoms with Gasteiger partial charge in [0.2, 0.25) is 5.82 Å². The first-order chi connectivity index (χ1) is 12.9. The summed E-state index contributed by atoms with van der Waals surface area (Å²) in [6.45, 7) is 3.86. The van der Waals surface area contributed by atoms with Crippen LogP contribution in [0, 0.1) is 0 Å². The summed E-state index contributed by atoms with van der Waals surface area (Å²) in [6, 6.07) is 12.7. The monoisotopic (exact) mass is 386 g/mol. The summed E-state index contributed by atoms with van der Waals surface area (Å²) in [4.78, 5) is 15.2. The van der Waals surface area contributed by atoms with Crippen LogP contribution in [0.4, 0.5) is 0 Å². The van der Waals surface area contributed by atoms with Crippen molar-refractivity contribution in [3.8, 4) is 28.6 Å². The number of rotatable bonds is 7. The number of ether oxygens (including phenoxy) is 1. The number of aromatic nitrogens is 2. The second kappa shape index (κ2) is 8.22. The second-order valence-electron chi connectivity index (χ2n) is 6.33. The number of aliphatic carboxylic acids is 1. The van der Waals surface area contributed by atoms with Crippen LogP contribution in [0.1, 0.15) is 25.8 Å². The smallest absolute Gasteiger partial charge is 0.303 e. The predicted molar refractivity (Wildman–Crippen MR) is 102 cm³/mol. The summed E-state index contributed by atoms with van der Waals surface area (Å²) in [7, 11) is 0. The molecule has 7 heteroatoms. The predicted octanol–water partition coefficient (Wildman–Crippen LogP) is 4.86. The number of carboxylic acids is 1. The van der Waals surface area contributed by atoms with E-state index in [9.17, 15) is 4.79 Å². The Hall–Kier alpha value is -2.86. The highest BCUT2D eigenvalue weighted by Gasteiger charge is 2.14. The zero-order chi connectivity index (χ0) is 19.4. The molecule has 1 N–H and O–H groups in total. The summed E-state index contributed by atoms with van der Waals surface area (Å²) in [5.74, 6) is 0.546. The first kappa shape index (κ1) is 18.9. The molecule has 0 bridgehead atoms. The summed E-state index contributed by atoms with van der Waals surface area (Å²) in [6.07, 6.45) is 0.544. The van der Waals surface area contributed by atoms with E-state index in [1.165, 1.54) is 0 Å². The largest absolute Gasteiger partial charge is 0.489 e. The van der Waals surface area contributed by atoms with E-state index in [0.717, 1.165) is 11.1 Å². The topological polar surface area (TPSA) is 85.5 Å². The lowest BCUT2D eigenvalue weighted by Crippen LogP contribution is -2.05. The van der Waals surface area contributed by atoms with Crippen molar-refractivity contribution >= 4 is 17.6 Å². The lowest BCUT2D eigenvalue weighted by atomic mass is 10.1. The number of benzene rings is 2. The number of hydrogen-bond donors (Lipinski definition) is 1. The Labute approximate surface area is 161 Å². The van der Waals surface area contributed by atoms with Gasteiger partial charge in [0.25, 0.3) is 5.89 Å². The maximum absolute atomic E-state index is 10.7. The first-order valence-corrected chi connectivity index (χ1v) is 8.91. The van der Waals surface area contributed by atoms with Gasteiger partial charge in [-0.15, -0.1) is 0 Å². The van der Waals surface area contributed by atoms with E-state index in [1.54, 1.807) is 12.1 Å². The van der Waals surface area contributed by atoms with E-state index < -0.39 is 5.97 Å². The van der Waals surface area contributed by atoms with Gasteiger partial charge in [-0.2, -0.15) is 4.98 Å². The van der Waals surface area contributed by atoms with Crippen molar-refractivity contribution in [1.29, 1.82) is 0 Å². The van der Waals surface area contributed by atoms with Crippen LogP contribution in [-0.4, -0.2) is 27.3 Å². The quantitative estimate of drug-likeness (QED) is 0.624. The molecule has 0 aliphatic rings. The van der Waals surface area contributed by atoms with Gasteiger partial charge in [0.05, 0.1) is 11.1 Å². The first-order valence-electron chi connectivity index (χ1n) is 8.54. The summed E-state index contributed by atoms with van der Waals surface area (Å²) < 4.78 is 11.0. The van der Waals surface area contributed by atoms with Crippen LogP contribution in [0.2, 0.25) is 5.02 Å². The molecule has 0 aliphatic carbocycles. The highest BCUT2D eigenvalue weighted by atomic mass is 35.5. The van der Waals surface area contributed by atoms with Crippen LogP contribution >= 0.6 is 11.6 Å². The van der Waals surface area contributed by atoms with Crippen molar-refractivity contribution in [3.63, 3.8) is 0 Å². The molecular weight excluding hydrogens is 368 g/mol. The maximum Gasteiger partial charge on any atom is 0.303 e. The van der Waals surface area contributed by atoms with Crippen molar-refractivity contribution in [2.45, 2.75) is 32.8 Å². The summed E-state index contributed by atoms with van der Waals surface area (Å²) >= 11 is 6.27. The Morgan fingerprint density at radius 2 is 2.04 bits per heavy atom. The fourth-order valence-corrected chi connectivity index (χ4v) is 2.78. The number of nitrogens with zero attached hydrogens (tertiary/aromatic N) is 2. The Bertz CT molecular complexity index is 953. The zero-order valence-corrected chi connectivity index (χ0v) is 15.7. The van der Waals surface area contributed by atoms with E-state index in [2.05, 4.69) is 10.1 Å². The molecular formula is C20H19ClN2O4. The third-order valence-corrected chi connectivity index (χ3v) is 4.08. The molecule has 6 nitrogen and oxygen atoms in total. The number of carboxylic acid groups (broad SMARTS) is 1. The third kappa shape index (κ3) is 4.86. The number of halogens is 1. The molecule has 3 rings (SSSR count). The van der Waals surface area contributed by atoms with Crippen molar-refractivity contribution < 1.29 is 19.2 Å². The molecule has 27 heavy (non-hydrogen) atoms. The average molecular weight is 387 g/mol. The number of aryl methyl sites for hydroxylation is 1. The molecule has 0 spiro atoms. The van der Waals surface area contributed by atoms with Crippen molar-refractivity contribution in [3.05, 3.63) is 53.1 Å². The maximum atomic E-state index is 10.7. The van der Waals surface area contributed by atoms with E-state index in [1.807, 2.05) is 44.2 Å². The molecule has 1 heterocycles. The Morgan fingerprint density at radius 3 is 2.74 bits per heavy atom. The van der Waals surface area contributed by atoms with Crippen molar-refractivity contribution in [2.24, 2.45) is 0 Å². The molecule has 2 aromatic carbocycles. The highest BCUT2D eigenvalue weighted by molar-refractivity contribution is 6.32. The van der Waals surface area contributed by atoms with Crippen LogP contribution in [0.25, 0.3) is 22.8 Å². The minimum atomic E-state index is -0.830. The SMILES string of the molecule is CC(C)Oc1ccc(-c2nc(-c3cccc(CCC(=O)O)c3)no2)cc1Cl. The molecule has 3 aromatic rings. The Kier molecular flexibility index (Phi) is 5.76. The highest BCUT2D eigenvalue weighted by Crippen LogP contribution is 2.31.